The van der Waals surface area contributed by atoms with Crippen molar-refractivity contribution >= 4 is 16.3 Å². The lowest BCUT2D eigenvalue weighted by Gasteiger charge is -2.35. The fourth-order valence-corrected chi connectivity index (χ4v) is 3.79. The van der Waals surface area contributed by atoms with Crippen LogP contribution >= 0.6 is 11.3 Å². The lowest BCUT2D eigenvalue weighted by molar-refractivity contribution is -0.380. The van der Waals surface area contributed by atoms with Crippen molar-refractivity contribution in [3.8, 4) is 0 Å². The molecule has 2 rings (SSSR count). The third-order valence-electron chi connectivity index (χ3n) is 3.71. The van der Waals surface area contributed by atoms with Gasteiger partial charge in [0.1, 0.15) is 0 Å². The molecule has 1 aliphatic rings. The van der Waals surface area contributed by atoms with Crippen LogP contribution < -0.4 is 5.73 Å². The molecule has 0 aromatic carbocycles. The Hall–Kier alpha value is -0.980. The van der Waals surface area contributed by atoms with Gasteiger partial charge in [0.15, 0.2) is 0 Å². The Morgan fingerprint density at radius 2 is 2.21 bits per heavy atom. The molecule has 6 heteroatoms. The van der Waals surface area contributed by atoms with Gasteiger partial charge in [-0.25, -0.2) is 0 Å². The molecule has 1 aromatic rings. The number of nitrogens with zero attached hydrogens (tertiary/aromatic N) is 2. The summed E-state index contributed by atoms with van der Waals surface area (Å²) in [6.45, 7) is 5.34. The predicted molar refractivity (Wildman–Crippen MR) is 77.4 cm³/mol. The van der Waals surface area contributed by atoms with Crippen LogP contribution in [0, 0.1) is 10.1 Å². The molecule has 0 spiro atoms. The van der Waals surface area contributed by atoms with Gasteiger partial charge in [0.2, 0.25) is 0 Å². The number of likely N-dealkylation sites (tertiary alicyclic amines) is 1. The zero-order chi connectivity index (χ0) is 14.0. The summed E-state index contributed by atoms with van der Waals surface area (Å²) < 4.78 is 0. The van der Waals surface area contributed by atoms with Gasteiger partial charge in [-0.1, -0.05) is 17.8 Å². The Morgan fingerprint density at radius 1 is 1.47 bits per heavy atom. The minimum Gasteiger partial charge on any atom is -0.326 e. The standard InChI is InChI=1S/C13H21N3O2S/c1-9(2)15-8-4-3-5-10(14)13(15)11-6-7-12(19-11)16(17)18/h6-7,9-10,13H,3-5,8,14H2,1-2H3. The molecule has 106 valence electrons. The molecule has 0 radical (unpaired) electrons. The Morgan fingerprint density at radius 3 is 2.79 bits per heavy atom. The van der Waals surface area contributed by atoms with Crippen molar-refractivity contribution in [1.29, 1.82) is 0 Å². The van der Waals surface area contributed by atoms with E-state index in [1.807, 2.05) is 6.07 Å². The summed E-state index contributed by atoms with van der Waals surface area (Å²) in [6, 6.07) is 4.03. The Labute approximate surface area is 117 Å². The predicted octanol–water partition coefficient (Wildman–Crippen LogP) is 2.92. The van der Waals surface area contributed by atoms with Crippen LogP contribution in [0.5, 0.6) is 0 Å². The number of hydrogen-bond donors (Lipinski definition) is 1. The molecule has 1 aliphatic heterocycles. The van der Waals surface area contributed by atoms with Gasteiger partial charge in [-0.3, -0.25) is 15.0 Å². The molecule has 2 N–H and O–H groups in total. The molecule has 2 heterocycles. The van der Waals surface area contributed by atoms with Crippen molar-refractivity contribution in [2.45, 2.75) is 51.2 Å². The molecule has 0 aliphatic carbocycles. The molecule has 2 atom stereocenters. The molecule has 0 amide bonds. The van der Waals surface area contributed by atoms with Gasteiger partial charge in [-0.05, 0) is 39.3 Å². The number of nitro groups is 1. The van der Waals surface area contributed by atoms with Gasteiger partial charge in [-0.2, -0.15) is 0 Å². The Kier molecular flexibility index (Phi) is 4.54. The third kappa shape index (κ3) is 3.13. The van der Waals surface area contributed by atoms with E-state index in [2.05, 4.69) is 18.7 Å². The molecule has 2 unspecified atom stereocenters. The highest BCUT2D eigenvalue weighted by Gasteiger charge is 2.32. The van der Waals surface area contributed by atoms with Crippen molar-refractivity contribution in [1.82, 2.24) is 4.90 Å². The van der Waals surface area contributed by atoms with Crippen molar-refractivity contribution in [3.05, 3.63) is 27.1 Å². The number of nitrogens with two attached hydrogens (primary N) is 1. The first kappa shape index (κ1) is 14.4. The van der Waals surface area contributed by atoms with Crippen LogP contribution in [0.1, 0.15) is 44.0 Å². The van der Waals surface area contributed by atoms with Crippen molar-refractivity contribution < 1.29 is 4.92 Å². The molecule has 0 bridgehead atoms. The lowest BCUT2D eigenvalue weighted by atomic mass is 10.0. The third-order valence-corrected chi connectivity index (χ3v) is 4.82. The van der Waals surface area contributed by atoms with Crippen LogP contribution in [0.4, 0.5) is 5.00 Å². The van der Waals surface area contributed by atoms with Crippen LogP contribution in [0.3, 0.4) is 0 Å². The van der Waals surface area contributed by atoms with E-state index >= 15 is 0 Å². The van der Waals surface area contributed by atoms with E-state index in [-0.39, 0.29) is 22.0 Å². The zero-order valence-corrected chi connectivity index (χ0v) is 12.2. The minimum atomic E-state index is -0.323. The first-order valence-electron chi connectivity index (χ1n) is 6.76. The Balaban J connectivity index is 2.31. The Bertz CT molecular complexity index is 447. The van der Waals surface area contributed by atoms with Crippen LogP contribution in [0.15, 0.2) is 12.1 Å². The highest BCUT2D eigenvalue weighted by Crippen LogP contribution is 2.37. The highest BCUT2D eigenvalue weighted by atomic mass is 32.1. The quantitative estimate of drug-likeness (QED) is 0.684. The topological polar surface area (TPSA) is 72.4 Å². The smallest absolute Gasteiger partial charge is 0.324 e. The van der Waals surface area contributed by atoms with E-state index in [9.17, 15) is 10.1 Å². The second-order valence-corrected chi connectivity index (χ2v) is 6.46. The highest BCUT2D eigenvalue weighted by molar-refractivity contribution is 7.15. The van der Waals surface area contributed by atoms with Gasteiger partial charge in [0, 0.05) is 23.0 Å². The summed E-state index contributed by atoms with van der Waals surface area (Å²) in [5.41, 5.74) is 6.32. The van der Waals surface area contributed by atoms with E-state index in [0.717, 1.165) is 30.7 Å². The van der Waals surface area contributed by atoms with Crippen molar-refractivity contribution in [3.63, 3.8) is 0 Å². The van der Waals surface area contributed by atoms with Crippen LogP contribution in [0.2, 0.25) is 0 Å². The van der Waals surface area contributed by atoms with Gasteiger partial charge in [0.25, 0.3) is 0 Å². The number of rotatable bonds is 3. The minimum absolute atomic E-state index is 0.0585. The first-order chi connectivity index (χ1) is 9.00. The second kappa shape index (κ2) is 5.98. The van der Waals surface area contributed by atoms with Gasteiger partial charge >= 0.3 is 5.00 Å². The van der Waals surface area contributed by atoms with Crippen LogP contribution in [-0.2, 0) is 0 Å². The molecule has 19 heavy (non-hydrogen) atoms. The average Bonchev–Trinajstić information content (AvgIpc) is 2.74. The molecule has 1 aromatic heterocycles. The summed E-state index contributed by atoms with van der Waals surface area (Å²) in [5, 5.41) is 11.0. The van der Waals surface area contributed by atoms with Gasteiger partial charge < -0.3 is 5.73 Å². The molecule has 1 saturated heterocycles. The molecule has 0 saturated carbocycles. The number of hydrogen-bond acceptors (Lipinski definition) is 5. The van der Waals surface area contributed by atoms with Crippen molar-refractivity contribution in [2.75, 3.05) is 6.54 Å². The van der Waals surface area contributed by atoms with Gasteiger partial charge in [0.05, 0.1) is 11.0 Å². The summed E-state index contributed by atoms with van der Waals surface area (Å²) in [6.07, 6.45) is 3.27. The maximum absolute atomic E-state index is 10.8. The summed E-state index contributed by atoms with van der Waals surface area (Å²) in [5.74, 6) is 0. The van der Waals surface area contributed by atoms with Gasteiger partial charge in [-0.15, -0.1) is 0 Å². The molecule has 5 nitrogen and oxygen atoms in total. The largest absolute Gasteiger partial charge is 0.326 e. The average molecular weight is 283 g/mol. The molecular formula is C13H21N3O2S. The van der Waals surface area contributed by atoms with Crippen LogP contribution in [0.25, 0.3) is 0 Å². The second-order valence-electron chi connectivity index (χ2n) is 5.37. The molecule has 1 fully saturated rings. The fourth-order valence-electron chi connectivity index (χ4n) is 2.77. The molecular weight excluding hydrogens is 262 g/mol. The van der Waals surface area contributed by atoms with E-state index < -0.39 is 0 Å². The lowest BCUT2D eigenvalue weighted by Crippen LogP contribution is -2.42. The number of thiophene rings is 1. The summed E-state index contributed by atoms with van der Waals surface area (Å²) >= 11 is 1.26. The van der Waals surface area contributed by atoms with E-state index in [4.69, 9.17) is 5.73 Å². The van der Waals surface area contributed by atoms with E-state index in [1.54, 1.807) is 6.07 Å². The van der Waals surface area contributed by atoms with Crippen LogP contribution in [-0.4, -0.2) is 28.5 Å². The SMILES string of the molecule is CC(C)N1CCCCC(N)C1c1ccc([N+](=O)[O-])s1. The fraction of sp³-hybridized carbons (Fsp3) is 0.692. The first-order valence-corrected chi connectivity index (χ1v) is 7.58. The zero-order valence-electron chi connectivity index (χ0n) is 11.4. The van der Waals surface area contributed by atoms with E-state index in [1.165, 1.54) is 11.3 Å². The summed E-state index contributed by atoms with van der Waals surface area (Å²) in [4.78, 5) is 13.9. The monoisotopic (exact) mass is 283 g/mol. The maximum Gasteiger partial charge on any atom is 0.324 e. The van der Waals surface area contributed by atoms with E-state index in [0.29, 0.717) is 6.04 Å². The summed E-state index contributed by atoms with van der Waals surface area (Å²) in [7, 11) is 0. The normalized spacial score (nSPS) is 25.5. The van der Waals surface area contributed by atoms with Crippen molar-refractivity contribution in [2.24, 2.45) is 5.73 Å². The maximum atomic E-state index is 10.8.